The molecule has 1 aromatic carbocycles. The topological polar surface area (TPSA) is 89.3 Å². The van der Waals surface area contributed by atoms with Crippen LogP contribution < -0.4 is 11.5 Å². The molecule has 0 saturated carbocycles. The number of halogens is 1. The Balaban J connectivity index is 1.98. The average Bonchev–Trinajstić information content (AvgIpc) is 2.98. The lowest BCUT2D eigenvalue weighted by atomic mass is 10.1. The normalized spacial score (nSPS) is 11.5. The summed E-state index contributed by atoms with van der Waals surface area (Å²) < 4.78 is 6.77. The molecule has 0 aliphatic carbocycles. The van der Waals surface area contributed by atoms with E-state index >= 15 is 0 Å². The molecule has 0 amide bonds. The van der Waals surface area contributed by atoms with Crippen molar-refractivity contribution in [1.29, 1.82) is 0 Å². The summed E-state index contributed by atoms with van der Waals surface area (Å²) in [4.78, 5) is 18.3. The first kappa shape index (κ1) is 12.0. The average molecular weight is 301 g/mol. The molecule has 0 spiro atoms. The molecule has 104 valence electrons. The Bertz CT molecular complexity index is 1040. The van der Waals surface area contributed by atoms with Gasteiger partial charge in [0.1, 0.15) is 17.2 Å². The van der Waals surface area contributed by atoms with Gasteiger partial charge in [-0.05, 0) is 24.3 Å². The van der Waals surface area contributed by atoms with Crippen molar-refractivity contribution in [2.75, 3.05) is 5.73 Å². The lowest BCUT2D eigenvalue weighted by Gasteiger charge is -1.99. The van der Waals surface area contributed by atoms with Crippen molar-refractivity contribution in [2.24, 2.45) is 0 Å². The number of anilines is 1. The van der Waals surface area contributed by atoms with Crippen LogP contribution in [0.2, 0.25) is 5.02 Å². The van der Waals surface area contributed by atoms with Gasteiger partial charge >= 0.3 is 5.76 Å². The van der Waals surface area contributed by atoms with Gasteiger partial charge in [-0.15, -0.1) is 0 Å². The molecule has 0 saturated heterocycles. The summed E-state index contributed by atoms with van der Waals surface area (Å²) in [5, 5.41) is 0.574. The highest BCUT2D eigenvalue weighted by molar-refractivity contribution is 6.30. The summed E-state index contributed by atoms with van der Waals surface area (Å²) in [5.74, 6) is -0.0124. The van der Waals surface area contributed by atoms with Crippen molar-refractivity contribution >= 4 is 34.2 Å². The summed E-state index contributed by atoms with van der Waals surface area (Å²) in [5.41, 5.74) is 9.31. The van der Waals surface area contributed by atoms with Gasteiger partial charge in [-0.1, -0.05) is 17.7 Å². The second-order valence-electron chi connectivity index (χ2n) is 4.65. The molecule has 21 heavy (non-hydrogen) atoms. The van der Waals surface area contributed by atoms with Gasteiger partial charge in [0.25, 0.3) is 0 Å². The number of nitrogens with zero attached hydrogens (tertiary/aromatic N) is 2. The van der Waals surface area contributed by atoms with Gasteiger partial charge in [0.15, 0.2) is 5.58 Å². The predicted octanol–water partition coefficient (Wildman–Crippen LogP) is 2.67. The van der Waals surface area contributed by atoms with E-state index < -0.39 is 5.76 Å². The first-order valence-corrected chi connectivity index (χ1v) is 6.56. The smallest absolute Gasteiger partial charge is 0.408 e. The van der Waals surface area contributed by atoms with Crippen molar-refractivity contribution in [3.63, 3.8) is 0 Å². The number of H-pyrrole nitrogens is 1. The third-order valence-corrected chi connectivity index (χ3v) is 3.54. The number of hydrogen-bond acceptors (Lipinski definition) is 4. The Labute approximate surface area is 122 Å². The molecule has 4 rings (SSSR count). The van der Waals surface area contributed by atoms with Crippen molar-refractivity contribution in [3.8, 4) is 11.3 Å². The summed E-state index contributed by atoms with van der Waals surface area (Å²) >= 11 is 5.97. The number of benzene rings is 1. The fourth-order valence-electron chi connectivity index (χ4n) is 2.34. The highest BCUT2D eigenvalue weighted by Gasteiger charge is 2.13. The fourth-order valence-corrected chi connectivity index (χ4v) is 2.50. The molecule has 3 N–H and O–H groups in total. The SMILES string of the molecule is Nc1c(-c2ccc3[nH]c(=O)oc3c2)nc2ccc(Cl)cn12. The number of oxazole rings is 1. The van der Waals surface area contributed by atoms with Crippen LogP contribution in [0.15, 0.2) is 45.7 Å². The summed E-state index contributed by atoms with van der Waals surface area (Å²) in [6.45, 7) is 0. The maximum atomic E-state index is 11.2. The summed E-state index contributed by atoms with van der Waals surface area (Å²) in [6.07, 6.45) is 1.71. The third-order valence-electron chi connectivity index (χ3n) is 3.31. The molecule has 7 heteroatoms. The van der Waals surface area contributed by atoms with Gasteiger partial charge in [0, 0.05) is 11.8 Å². The zero-order chi connectivity index (χ0) is 14.6. The third kappa shape index (κ3) is 1.80. The molecular formula is C14H9ClN4O2. The van der Waals surface area contributed by atoms with Crippen LogP contribution in [-0.4, -0.2) is 14.4 Å². The number of pyridine rings is 1. The molecule has 6 nitrogen and oxygen atoms in total. The van der Waals surface area contributed by atoms with Crippen molar-refractivity contribution in [3.05, 3.63) is 52.1 Å². The van der Waals surface area contributed by atoms with E-state index in [-0.39, 0.29) is 0 Å². The fraction of sp³-hybridized carbons (Fsp3) is 0. The van der Waals surface area contributed by atoms with E-state index in [0.717, 1.165) is 5.56 Å². The van der Waals surface area contributed by atoms with Crippen LogP contribution in [0, 0.1) is 0 Å². The van der Waals surface area contributed by atoms with Crippen LogP contribution in [0.3, 0.4) is 0 Å². The van der Waals surface area contributed by atoms with Gasteiger partial charge in [-0.25, -0.2) is 9.78 Å². The maximum Gasteiger partial charge on any atom is 0.417 e. The Hall–Kier alpha value is -2.73. The van der Waals surface area contributed by atoms with E-state index in [9.17, 15) is 4.79 Å². The molecule has 0 aliphatic heterocycles. The Morgan fingerprint density at radius 3 is 3.00 bits per heavy atom. The Morgan fingerprint density at radius 2 is 2.14 bits per heavy atom. The summed E-state index contributed by atoms with van der Waals surface area (Å²) in [7, 11) is 0. The molecule has 0 unspecified atom stereocenters. The monoisotopic (exact) mass is 300 g/mol. The van der Waals surface area contributed by atoms with Gasteiger partial charge in [-0.3, -0.25) is 9.38 Å². The minimum Gasteiger partial charge on any atom is -0.408 e. The maximum absolute atomic E-state index is 11.2. The van der Waals surface area contributed by atoms with Crippen molar-refractivity contribution in [1.82, 2.24) is 14.4 Å². The number of rotatable bonds is 1. The Kier molecular flexibility index (Phi) is 2.37. The Morgan fingerprint density at radius 1 is 1.29 bits per heavy atom. The highest BCUT2D eigenvalue weighted by Crippen LogP contribution is 2.29. The largest absolute Gasteiger partial charge is 0.417 e. The van der Waals surface area contributed by atoms with Crippen LogP contribution >= 0.6 is 11.6 Å². The number of fused-ring (bicyclic) bond motifs is 2. The molecular weight excluding hydrogens is 292 g/mol. The van der Waals surface area contributed by atoms with E-state index in [2.05, 4.69) is 9.97 Å². The van der Waals surface area contributed by atoms with Crippen LogP contribution in [0.5, 0.6) is 0 Å². The van der Waals surface area contributed by atoms with Crippen molar-refractivity contribution < 1.29 is 4.42 Å². The minimum atomic E-state index is -0.489. The highest BCUT2D eigenvalue weighted by atomic mass is 35.5. The second kappa shape index (κ2) is 4.13. The number of nitrogens with two attached hydrogens (primary N) is 1. The van der Waals surface area contributed by atoms with E-state index in [4.69, 9.17) is 21.8 Å². The zero-order valence-corrected chi connectivity index (χ0v) is 11.4. The molecule has 0 fully saturated rings. The number of aromatic nitrogens is 3. The lowest BCUT2D eigenvalue weighted by Crippen LogP contribution is -1.93. The minimum absolute atomic E-state index is 0.465. The van der Waals surface area contributed by atoms with Crippen LogP contribution in [0.4, 0.5) is 5.82 Å². The number of hydrogen-bond donors (Lipinski definition) is 2. The molecule has 0 bridgehead atoms. The standard InChI is InChI=1S/C14H9ClN4O2/c15-8-2-4-11-18-12(13(16)19(11)6-8)7-1-3-9-10(5-7)21-14(20)17-9/h1-6H,16H2,(H,17,20). The van der Waals surface area contributed by atoms with Gasteiger partial charge in [0.05, 0.1) is 10.5 Å². The number of nitrogen functional groups attached to an aromatic ring is 1. The zero-order valence-electron chi connectivity index (χ0n) is 10.6. The van der Waals surface area contributed by atoms with Crippen LogP contribution in [0.25, 0.3) is 28.0 Å². The van der Waals surface area contributed by atoms with Crippen LogP contribution in [-0.2, 0) is 0 Å². The molecule has 0 radical (unpaired) electrons. The van der Waals surface area contributed by atoms with E-state index in [1.54, 1.807) is 34.9 Å². The molecule has 3 aromatic heterocycles. The molecule has 3 heterocycles. The van der Waals surface area contributed by atoms with E-state index in [1.165, 1.54) is 0 Å². The van der Waals surface area contributed by atoms with E-state index in [1.807, 2.05) is 6.07 Å². The molecule has 0 atom stereocenters. The first-order valence-electron chi connectivity index (χ1n) is 6.18. The van der Waals surface area contributed by atoms with Crippen molar-refractivity contribution in [2.45, 2.75) is 0 Å². The quantitative estimate of drug-likeness (QED) is 0.565. The summed E-state index contributed by atoms with van der Waals surface area (Å²) in [6, 6.07) is 8.85. The van der Waals surface area contributed by atoms with E-state index in [0.29, 0.717) is 33.3 Å². The van der Waals surface area contributed by atoms with Gasteiger partial charge in [0.2, 0.25) is 0 Å². The number of imidazole rings is 1. The van der Waals surface area contributed by atoms with Gasteiger partial charge in [-0.2, -0.15) is 0 Å². The first-order chi connectivity index (χ1) is 10.1. The molecule has 4 aromatic rings. The van der Waals surface area contributed by atoms with Crippen LogP contribution in [0.1, 0.15) is 0 Å². The lowest BCUT2D eigenvalue weighted by molar-refractivity contribution is 0.555. The number of aromatic amines is 1. The number of nitrogens with one attached hydrogen (secondary N) is 1. The second-order valence-corrected chi connectivity index (χ2v) is 5.08. The van der Waals surface area contributed by atoms with Gasteiger partial charge < -0.3 is 10.2 Å². The molecule has 0 aliphatic rings. The predicted molar refractivity (Wildman–Crippen MR) is 80.4 cm³/mol.